The van der Waals surface area contributed by atoms with E-state index in [1.165, 1.54) is 9.13 Å². The number of hydrogen-bond acceptors (Lipinski definition) is 3. The first-order valence-corrected chi connectivity index (χ1v) is 8.63. The molecule has 24 heavy (non-hydrogen) atoms. The summed E-state index contributed by atoms with van der Waals surface area (Å²) in [5.41, 5.74) is -0.143. The predicted molar refractivity (Wildman–Crippen MR) is 93.2 cm³/mol. The number of rotatable bonds is 4. The molecule has 0 unspecified atom stereocenters. The third-order valence-corrected chi connectivity index (χ3v) is 4.58. The average molecular weight is 329 g/mol. The fraction of sp³-hybridized carbons (Fsp3) is 0.500. The Bertz CT molecular complexity index is 860. The molecule has 2 heterocycles. The summed E-state index contributed by atoms with van der Waals surface area (Å²) in [6.45, 7) is 3.77. The number of piperidine rings is 1. The van der Waals surface area contributed by atoms with E-state index >= 15 is 0 Å². The van der Waals surface area contributed by atoms with Gasteiger partial charge in [-0.1, -0.05) is 19.1 Å². The number of fused-ring (bicyclic) bond motifs is 1. The third kappa shape index (κ3) is 3.00. The molecule has 0 bridgehead atoms. The molecule has 1 saturated heterocycles. The van der Waals surface area contributed by atoms with Gasteiger partial charge in [-0.3, -0.25) is 18.7 Å². The highest BCUT2D eigenvalue weighted by atomic mass is 16.2. The number of amides is 1. The van der Waals surface area contributed by atoms with Crippen LogP contribution in [0.25, 0.3) is 10.9 Å². The molecule has 0 radical (unpaired) electrons. The number of carbonyl (C=O) groups is 1. The van der Waals surface area contributed by atoms with Gasteiger partial charge in [0, 0.05) is 19.6 Å². The molecule has 1 aromatic carbocycles. The minimum Gasteiger partial charge on any atom is -0.341 e. The van der Waals surface area contributed by atoms with Crippen LogP contribution in [0.3, 0.4) is 0 Å². The summed E-state index contributed by atoms with van der Waals surface area (Å²) in [6.07, 6.45) is 3.86. The number of para-hydroxylation sites is 1. The van der Waals surface area contributed by atoms with E-state index in [1.807, 2.05) is 11.8 Å². The maximum Gasteiger partial charge on any atom is 0.331 e. The van der Waals surface area contributed by atoms with Crippen molar-refractivity contribution in [2.45, 2.75) is 45.7 Å². The first-order valence-electron chi connectivity index (χ1n) is 8.63. The molecule has 6 heteroatoms. The topological polar surface area (TPSA) is 64.3 Å². The van der Waals surface area contributed by atoms with E-state index in [9.17, 15) is 14.4 Å². The van der Waals surface area contributed by atoms with Gasteiger partial charge in [-0.05, 0) is 37.8 Å². The Morgan fingerprint density at radius 3 is 2.46 bits per heavy atom. The number of hydrogen-bond donors (Lipinski definition) is 0. The lowest BCUT2D eigenvalue weighted by Gasteiger charge is -2.27. The summed E-state index contributed by atoms with van der Waals surface area (Å²) in [6, 6.07) is 7.01. The lowest BCUT2D eigenvalue weighted by molar-refractivity contribution is -0.132. The van der Waals surface area contributed by atoms with Crippen molar-refractivity contribution in [3.63, 3.8) is 0 Å². The van der Waals surface area contributed by atoms with E-state index in [0.717, 1.165) is 32.4 Å². The monoisotopic (exact) mass is 329 g/mol. The first kappa shape index (κ1) is 16.5. The zero-order valence-corrected chi connectivity index (χ0v) is 14.0. The molecule has 1 aliphatic rings. The number of nitrogens with zero attached hydrogens (tertiary/aromatic N) is 3. The van der Waals surface area contributed by atoms with E-state index in [2.05, 4.69) is 0 Å². The zero-order valence-electron chi connectivity index (χ0n) is 14.0. The van der Waals surface area contributed by atoms with E-state index in [1.54, 1.807) is 24.3 Å². The Morgan fingerprint density at radius 2 is 1.75 bits per heavy atom. The molecule has 6 nitrogen and oxygen atoms in total. The molecule has 1 aliphatic heterocycles. The van der Waals surface area contributed by atoms with Crippen molar-refractivity contribution in [2.75, 3.05) is 13.1 Å². The van der Waals surface area contributed by atoms with Crippen LogP contribution in [0.5, 0.6) is 0 Å². The van der Waals surface area contributed by atoms with Crippen molar-refractivity contribution in [2.24, 2.45) is 0 Å². The Kier molecular flexibility index (Phi) is 4.83. The van der Waals surface area contributed by atoms with Gasteiger partial charge in [0.25, 0.3) is 5.56 Å². The van der Waals surface area contributed by atoms with Crippen LogP contribution >= 0.6 is 0 Å². The lowest BCUT2D eigenvalue weighted by Crippen LogP contribution is -2.44. The molecule has 1 fully saturated rings. The Labute approximate surface area is 140 Å². The molecule has 0 spiro atoms. The molecule has 0 aliphatic carbocycles. The van der Waals surface area contributed by atoms with Gasteiger partial charge in [0.2, 0.25) is 5.91 Å². The van der Waals surface area contributed by atoms with Gasteiger partial charge in [0.15, 0.2) is 0 Å². The smallest absolute Gasteiger partial charge is 0.331 e. The van der Waals surface area contributed by atoms with Gasteiger partial charge in [0.1, 0.15) is 6.54 Å². The van der Waals surface area contributed by atoms with Crippen LogP contribution in [0.4, 0.5) is 0 Å². The average Bonchev–Trinajstić information content (AvgIpc) is 2.63. The summed E-state index contributed by atoms with van der Waals surface area (Å²) in [7, 11) is 0. The van der Waals surface area contributed by atoms with Crippen molar-refractivity contribution < 1.29 is 4.79 Å². The van der Waals surface area contributed by atoms with Crippen LogP contribution in [0.15, 0.2) is 33.9 Å². The van der Waals surface area contributed by atoms with Crippen molar-refractivity contribution in [1.82, 2.24) is 14.0 Å². The Hall–Kier alpha value is -2.37. The van der Waals surface area contributed by atoms with Crippen LogP contribution in [0, 0.1) is 0 Å². The summed E-state index contributed by atoms with van der Waals surface area (Å²) in [4.78, 5) is 39.7. The molecule has 3 rings (SSSR count). The maximum absolute atomic E-state index is 12.8. The van der Waals surface area contributed by atoms with Crippen LogP contribution in [-0.4, -0.2) is 33.0 Å². The van der Waals surface area contributed by atoms with Gasteiger partial charge in [-0.2, -0.15) is 0 Å². The fourth-order valence-electron chi connectivity index (χ4n) is 3.32. The van der Waals surface area contributed by atoms with Crippen molar-refractivity contribution >= 4 is 16.8 Å². The largest absolute Gasteiger partial charge is 0.341 e. The lowest BCUT2D eigenvalue weighted by atomic mass is 10.1. The molecule has 0 saturated carbocycles. The molecular formula is C18H23N3O3. The third-order valence-electron chi connectivity index (χ3n) is 4.58. The minimum atomic E-state index is -0.397. The van der Waals surface area contributed by atoms with Crippen LogP contribution in [0.1, 0.15) is 32.6 Å². The highest BCUT2D eigenvalue weighted by molar-refractivity contribution is 5.81. The normalized spacial score (nSPS) is 15.0. The number of likely N-dealkylation sites (tertiary alicyclic amines) is 1. The van der Waals surface area contributed by atoms with Crippen molar-refractivity contribution in [1.29, 1.82) is 0 Å². The second-order valence-electron chi connectivity index (χ2n) is 6.28. The second-order valence-corrected chi connectivity index (χ2v) is 6.28. The summed E-state index contributed by atoms with van der Waals surface area (Å²) in [5.74, 6) is -0.0522. The molecule has 1 amide bonds. The Balaban J connectivity index is 2.07. The summed E-state index contributed by atoms with van der Waals surface area (Å²) >= 11 is 0. The molecule has 0 N–H and O–H groups in total. The van der Waals surface area contributed by atoms with Crippen molar-refractivity contribution in [3.05, 3.63) is 45.1 Å². The fourth-order valence-corrected chi connectivity index (χ4v) is 3.32. The van der Waals surface area contributed by atoms with E-state index < -0.39 is 5.69 Å². The maximum atomic E-state index is 12.8. The van der Waals surface area contributed by atoms with Gasteiger partial charge < -0.3 is 4.90 Å². The van der Waals surface area contributed by atoms with Crippen LogP contribution < -0.4 is 11.2 Å². The molecular weight excluding hydrogens is 306 g/mol. The molecule has 2 aromatic rings. The van der Waals surface area contributed by atoms with E-state index in [4.69, 9.17) is 0 Å². The zero-order chi connectivity index (χ0) is 17.1. The minimum absolute atomic E-state index is 0.0106. The van der Waals surface area contributed by atoms with E-state index in [0.29, 0.717) is 23.9 Å². The first-order chi connectivity index (χ1) is 11.6. The summed E-state index contributed by atoms with van der Waals surface area (Å²) < 4.78 is 2.69. The van der Waals surface area contributed by atoms with Crippen molar-refractivity contribution in [3.8, 4) is 0 Å². The Morgan fingerprint density at radius 1 is 1.04 bits per heavy atom. The molecule has 0 atom stereocenters. The summed E-state index contributed by atoms with van der Waals surface area (Å²) in [5, 5.41) is 0.483. The van der Waals surface area contributed by atoms with Gasteiger partial charge >= 0.3 is 5.69 Å². The second kappa shape index (κ2) is 7.03. The van der Waals surface area contributed by atoms with Crippen LogP contribution in [-0.2, 0) is 17.9 Å². The van der Waals surface area contributed by atoms with Gasteiger partial charge in [0.05, 0.1) is 10.9 Å². The highest BCUT2D eigenvalue weighted by Gasteiger charge is 2.20. The number of aromatic nitrogens is 2. The van der Waals surface area contributed by atoms with Crippen LogP contribution in [0.2, 0.25) is 0 Å². The van der Waals surface area contributed by atoms with Gasteiger partial charge in [-0.15, -0.1) is 0 Å². The van der Waals surface area contributed by atoms with E-state index in [-0.39, 0.29) is 18.0 Å². The quantitative estimate of drug-likeness (QED) is 0.855. The SMILES string of the molecule is CCCn1c(=O)c2ccccc2n(CC(=O)N2CCCCC2)c1=O. The van der Waals surface area contributed by atoms with Gasteiger partial charge in [-0.25, -0.2) is 4.79 Å². The predicted octanol–water partition coefficient (Wildman–Crippen LogP) is 1.59. The number of carbonyl (C=O) groups excluding carboxylic acids is 1. The number of benzene rings is 1. The highest BCUT2D eigenvalue weighted by Crippen LogP contribution is 2.11. The molecule has 128 valence electrons. The standard InChI is InChI=1S/C18H23N3O3/c1-2-10-20-17(23)14-8-4-5-9-15(14)21(18(20)24)13-16(22)19-11-6-3-7-12-19/h4-5,8-9H,2-3,6-7,10-13H2,1H3. The molecule has 1 aromatic heterocycles.